The van der Waals surface area contributed by atoms with E-state index in [2.05, 4.69) is 20.6 Å². The van der Waals surface area contributed by atoms with E-state index in [-0.39, 0.29) is 18.4 Å². The number of hydrogen-bond acceptors (Lipinski definition) is 7. The first-order valence-corrected chi connectivity index (χ1v) is 9.45. The van der Waals surface area contributed by atoms with Gasteiger partial charge in [0.05, 0.1) is 23.7 Å². The third-order valence-corrected chi connectivity index (χ3v) is 4.99. The summed E-state index contributed by atoms with van der Waals surface area (Å²) >= 11 is 0. The van der Waals surface area contributed by atoms with Gasteiger partial charge in [0.2, 0.25) is 5.91 Å². The number of hydrogen-bond donors (Lipinski definition) is 1. The molecule has 0 aromatic carbocycles. The molecule has 1 fully saturated rings. The Kier molecular flexibility index (Phi) is 5.01. The van der Waals surface area contributed by atoms with Gasteiger partial charge in [-0.05, 0) is 19.9 Å². The maximum atomic E-state index is 13.1. The van der Waals surface area contributed by atoms with Crippen molar-refractivity contribution in [3.63, 3.8) is 0 Å². The third-order valence-electron chi connectivity index (χ3n) is 4.99. The van der Waals surface area contributed by atoms with Crippen molar-refractivity contribution in [2.45, 2.75) is 13.8 Å². The Labute approximate surface area is 167 Å². The summed E-state index contributed by atoms with van der Waals surface area (Å²) in [4.78, 5) is 33.6. The fourth-order valence-electron chi connectivity index (χ4n) is 3.51. The van der Waals surface area contributed by atoms with Gasteiger partial charge in [-0.25, -0.2) is 4.98 Å². The zero-order chi connectivity index (χ0) is 20.5. The Balaban J connectivity index is 1.37. The molecule has 4 rings (SSSR count). The molecule has 4 heterocycles. The number of fused-ring (bicyclic) bond motifs is 1. The molecule has 0 unspecified atom stereocenters. The summed E-state index contributed by atoms with van der Waals surface area (Å²) in [6, 6.07) is 3.48. The predicted octanol–water partition coefficient (Wildman–Crippen LogP) is 0.970. The predicted molar refractivity (Wildman–Crippen MR) is 105 cm³/mol. The Morgan fingerprint density at radius 1 is 1.17 bits per heavy atom. The van der Waals surface area contributed by atoms with Crippen molar-refractivity contribution in [3.05, 3.63) is 35.3 Å². The normalized spacial score (nSPS) is 15.1. The summed E-state index contributed by atoms with van der Waals surface area (Å²) in [5.41, 5.74) is 2.10. The van der Waals surface area contributed by atoms with Gasteiger partial charge in [0, 0.05) is 45.0 Å². The van der Waals surface area contributed by atoms with E-state index in [4.69, 9.17) is 4.52 Å². The number of piperazine rings is 1. The van der Waals surface area contributed by atoms with E-state index < -0.39 is 0 Å². The van der Waals surface area contributed by atoms with Crippen LogP contribution in [0.25, 0.3) is 11.0 Å². The molecule has 0 radical (unpaired) electrons. The topological polar surface area (TPSA) is 109 Å². The van der Waals surface area contributed by atoms with E-state index in [0.29, 0.717) is 49.0 Å². The molecule has 3 aromatic rings. The molecule has 29 heavy (non-hydrogen) atoms. The van der Waals surface area contributed by atoms with Gasteiger partial charge in [0.15, 0.2) is 11.5 Å². The molecule has 10 nitrogen and oxygen atoms in total. The average Bonchev–Trinajstić information content (AvgIpc) is 3.26. The maximum Gasteiger partial charge on any atom is 0.254 e. The lowest BCUT2D eigenvalue weighted by atomic mass is 10.1. The Morgan fingerprint density at radius 2 is 1.93 bits per heavy atom. The quantitative estimate of drug-likeness (QED) is 0.698. The summed E-state index contributed by atoms with van der Waals surface area (Å²) in [5.74, 6) is 0.868. The summed E-state index contributed by atoms with van der Waals surface area (Å²) in [5, 5.41) is 11.5. The molecular weight excluding hydrogens is 374 g/mol. The number of carbonyl (C=O) groups excluding carboxylic acids is 2. The number of amides is 2. The van der Waals surface area contributed by atoms with Gasteiger partial charge in [0.1, 0.15) is 5.76 Å². The van der Waals surface area contributed by atoms with Crippen LogP contribution in [0.15, 0.2) is 22.9 Å². The number of nitrogens with zero attached hydrogens (tertiary/aromatic N) is 6. The van der Waals surface area contributed by atoms with E-state index >= 15 is 0 Å². The molecular formula is C19H23N7O3. The van der Waals surface area contributed by atoms with Crippen LogP contribution in [0.4, 0.5) is 5.82 Å². The molecule has 10 heteroatoms. The van der Waals surface area contributed by atoms with Crippen LogP contribution in [0.1, 0.15) is 21.8 Å². The lowest BCUT2D eigenvalue weighted by Crippen LogP contribution is -2.50. The molecule has 0 atom stereocenters. The molecule has 2 amide bonds. The van der Waals surface area contributed by atoms with Gasteiger partial charge in [-0.1, -0.05) is 5.16 Å². The Bertz CT molecular complexity index is 1060. The number of carbonyl (C=O) groups is 2. The minimum Gasteiger partial charge on any atom is -0.360 e. The van der Waals surface area contributed by atoms with E-state index in [0.717, 1.165) is 11.1 Å². The second kappa shape index (κ2) is 7.63. The molecule has 1 N–H and O–H groups in total. The third kappa shape index (κ3) is 3.97. The van der Waals surface area contributed by atoms with Gasteiger partial charge in [-0.3, -0.25) is 19.2 Å². The van der Waals surface area contributed by atoms with Crippen molar-refractivity contribution in [2.24, 2.45) is 7.05 Å². The summed E-state index contributed by atoms with van der Waals surface area (Å²) < 4.78 is 6.62. The minimum absolute atomic E-state index is 0.0318. The molecule has 1 saturated heterocycles. The van der Waals surface area contributed by atoms with Crippen LogP contribution >= 0.6 is 0 Å². The molecule has 1 aliphatic heterocycles. The van der Waals surface area contributed by atoms with Crippen LogP contribution in [0, 0.1) is 13.8 Å². The monoisotopic (exact) mass is 397 g/mol. The fourth-order valence-corrected chi connectivity index (χ4v) is 3.51. The van der Waals surface area contributed by atoms with Crippen molar-refractivity contribution in [1.29, 1.82) is 0 Å². The molecule has 0 spiro atoms. The molecule has 3 aromatic heterocycles. The highest BCUT2D eigenvalue weighted by Crippen LogP contribution is 2.20. The standard InChI is InChI=1S/C19H23N7O3/c1-12-8-14(15-10-20-24(3)18(15)21-12)19(28)26-6-4-25(5-7-26)11-17(27)22-16-9-13(2)29-23-16/h8-10H,4-7,11H2,1-3H3,(H,22,23,27). The molecule has 1 aliphatic rings. The number of nitrogens with one attached hydrogen (secondary N) is 1. The van der Waals surface area contributed by atoms with Crippen LogP contribution in [0.3, 0.4) is 0 Å². The summed E-state index contributed by atoms with van der Waals surface area (Å²) in [6.07, 6.45) is 1.68. The smallest absolute Gasteiger partial charge is 0.254 e. The molecule has 0 saturated carbocycles. The van der Waals surface area contributed by atoms with Crippen molar-refractivity contribution in [3.8, 4) is 0 Å². The van der Waals surface area contributed by atoms with E-state index in [1.165, 1.54) is 0 Å². The zero-order valence-electron chi connectivity index (χ0n) is 16.7. The fraction of sp³-hybridized carbons (Fsp3) is 0.421. The van der Waals surface area contributed by atoms with Crippen molar-refractivity contribution < 1.29 is 14.1 Å². The van der Waals surface area contributed by atoms with Crippen LogP contribution in [-0.2, 0) is 11.8 Å². The van der Waals surface area contributed by atoms with Gasteiger partial charge in [-0.2, -0.15) is 5.10 Å². The molecule has 0 bridgehead atoms. The lowest BCUT2D eigenvalue weighted by molar-refractivity contribution is -0.117. The van der Waals surface area contributed by atoms with E-state index in [9.17, 15) is 9.59 Å². The minimum atomic E-state index is -0.153. The first kappa shape index (κ1) is 19.1. The summed E-state index contributed by atoms with van der Waals surface area (Å²) in [6.45, 7) is 6.23. The van der Waals surface area contributed by atoms with Gasteiger partial charge >= 0.3 is 0 Å². The number of rotatable bonds is 4. The zero-order valence-corrected chi connectivity index (χ0v) is 16.7. The van der Waals surface area contributed by atoms with Crippen molar-refractivity contribution >= 4 is 28.7 Å². The van der Waals surface area contributed by atoms with E-state index in [1.807, 2.05) is 29.8 Å². The SMILES string of the molecule is Cc1cc(C(=O)N2CCN(CC(=O)Nc3cc(C)on3)CC2)c2cnn(C)c2n1. The largest absolute Gasteiger partial charge is 0.360 e. The van der Waals surface area contributed by atoms with Crippen LogP contribution in [0.5, 0.6) is 0 Å². The van der Waals surface area contributed by atoms with Crippen molar-refractivity contribution in [2.75, 3.05) is 38.0 Å². The highest BCUT2D eigenvalue weighted by molar-refractivity contribution is 6.05. The Morgan fingerprint density at radius 3 is 2.62 bits per heavy atom. The summed E-state index contributed by atoms with van der Waals surface area (Å²) in [7, 11) is 1.81. The van der Waals surface area contributed by atoms with E-state index in [1.54, 1.807) is 23.9 Å². The van der Waals surface area contributed by atoms with Gasteiger partial charge in [-0.15, -0.1) is 0 Å². The number of pyridine rings is 1. The highest BCUT2D eigenvalue weighted by Gasteiger charge is 2.25. The first-order chi connectivity index (χ1) is 13.9. The van der Waals surface area contributed by atoms with Crippen LogP contribution in [0.2, 0.25) is 0 Å². The van der Waals surface area contributed by atoms with Gasteiger partial charge in [0.25, 0.3) is 5.91 Å². The maximum absolute atomic E-state index is 13.1. The number of aromatic nitrogens is 4. The van der Waals surface area contributed by atoms with Crippen LogP contribution < -0.4 is 5.32 Å². The highest BCUT2D eigenvalue weighted by atomic mass is 16.5. The first-order valence-electron chi connectivity index (χ1n) is 9.45. The lowest BCUT2D eigenvalue weighted by Gasteiger charge is -2.34. The van der Waals surface area contributed by atoms with Crippen LogP contribution in [-0.4, -0.2) is 74.3 Å². The molecule has 152 valence electrons. The number of anilines is 1. The molecule has 0 aliphatic carbocycles. The van der Waals surface area contributed by atoms with Crippen molar-refractivity contribution in [1.82, 2.24) is 29.7 Å². The Hall–Kier alpha value is -3.27. The second-order valence-corrected chi connectivity index (χ2v) is 7.26. The average molecular weight is 397 g/mol. The number of aryl methyl sites for hydroxylation is 3. The second-order valence-electron chi connectivity index (χ2n) is 7.26. The van der Waals surface area contributed by atoms with Gasteiger partial charge < -0.3 is 14.7 Å².